The summed E-state index contributed by atoms with van der Waals surface area (Å²) in [6.45, 7) is 23.9. The van der Waals surface area contributed by atoms with Crippen molar-refractivity contribution in [2.24, 2.45) is 17.3 Å². The number of rotatable bonds is 7. The number of nitrogens with one attached hydrogen (secondary N) is 2. The average Bonchev–Trinajstić information content (AvgIpc) is 3.09. The second-order valence-corrected chi connectivity index (χ2v) is 13.7. The number of Topliss-reactive ketones (excluding diaryl/α,β-unsaturated/α-hetero) is 1. The van der Waals surface area contributed by atoms with E-state index in [0.717, 1.165) is 30.9 Å². The van der Waals surface area contributed by atoms with Crippen molar-refractivity contribution >= 4 is 23.1 Å². The third-order valence-corrected chi connectivity index (χ3v) is 9.16. The van der Waals surface area contributed by atoms with Crippen molar-refractivity contribution in [1.82, 2.24) is 20.0 Å². The van der Waals surface area contributed by atoms with E-state index in [1.807, 2.05) is 34.6 Å². The lowest BCUT2D eigenvalue weighted by Crippen LogP contribution is -2.45. The minimum Gasteiger partial charge on any atom is -0.382 e. The summed E-state index contributed by atoms with van der Waals surface area (Å²) in [5.41, 5.74) is 0.481. The molecule has 3 aliphatic heterocycles. The molecule has 5 rings (SSSR count). The number of hydrogen-bond donors (Lipinski definition) is 2. The molecule has 0 saturated carbocycles. The number of ketones is 1. The van der Waals surface area contributed by atoms with Crippen molar-refractivity contribution < 1.29 is 13.9 Å². The van der Waals surface area contributed by atoms with E-state index in [1.54, 1.807) is 18.3 Å². The summed E-state index contributed by atoms with van der Waals surface area (Å²) in [6.07, 6.45) is 7.83. The van der Waals surface area contributed by atoms with Gasteiger partial charge in [0.05, 0.1) is 30.6 Å². The van der Waals surface area contributed by atoms with Gasteiger partial charge in [-0.25, -0.2) is 9.07 Å². The van der Waals surface area contributed by atoms with Gasteiger partial charge >= 0.3 is 0 Å². The molecule has 2 aromatic rings. The Morgan fingerprint density at radius 3 is 2.23 bits per heavy atom. The van der Waals surface area contributed by atoms with Crippen molar-refractivity contribution in [2.45, 2.75) is 92.2 Å². The van der Waals surface area contributed by atoms with Crippen LogP contribution in [0.2, 0.25) is 5.02 Å². The van der Waals surface area contributed by atoms with Gasteiger partial charge in [-0.2, -0.15) is 5.10 Å². The van der Waals surface area contributed by atoms with Gasteiger partial charge in [-0.1, -0.05) is 65.3 Å². The molecule has 1 aromatic heterocycles. The maximum Gasteiger partial charge on any atom is 0.287 e. The van der Waals surface area contributed by atoms with Crippen LogP contribution in [-0.2, 0) is 9.53 Å². The van der Waals surface area contributed by atoms with Gasteiger partial charge in [0, 0.05) is 31.7 Å². The van der Waals surface area contributed by atoms with Crippen molar-refractivity contribution in [3.8, 4) is 0 Å². The number of carbonyl (C=O) groups excluding carboxylic acids is 1. The first-order valence-electron chi connectivity index (χ1n) is 17.4. The first-order valence-corrected chi connectivity index (χ1v) is 17.8. The van der Waals surface area contributed by atoms with Crippen LogP contribution < -0.4 is 16.2 Å². The van der Waals surface area contributed by atoms with Crippen LogP contribution in [0, 0.1) is 23.1 Å². The molecule has 1 aromatic carbocycles. The molecule has 2 atom stereocenters. The minimum atomic E-state index is -0.547. The number of anilines is 1. The highest BCUT2D eigenvalue weighted by molar-refractivity contribution is 6.32. The van der Waals surface area contributed by atoms with E-state index in [4.69, 9.17) is 16.3 Å². The fraction of sp³-hybridized carbons (Fsp3) is 0.649. The second kappa shape index (κ2) is 20.7. The van der Waals surface area contributed by atoms with Crippen LogP contribution >= 0.6 is 11.6 Å². The molecule has 264 valence electrons. The molecule has 0 aliphatic carbocycles. The number of likely N-dealkylation sites (tertiary alicyclic amines) is 1. The molecule has 4 heterocycles. The topological polar surface area (TPSA) is 88.5 Å². The van der Waals surface area contributed by atoms with E-state index in [1.165, 1.54) is 42.7 Å². The number of hydrogen-bond acceptors (Lipinski definition) is 7. The normalized spacial score (nSPS) is 19.9. The van der Waals surface area contributed by atoms with Gasteiger partial charge < -0.3 is 15.4 Å². The maximum atomic E-state index is 13.5. The summed E-state index contributed by atoms with van der Waals surface area (Å²) >= 11 is 6.45. The van der Waals surface area contributed by atoms with Gasteiger partial charge in [0.15, 0.2) is 5.78 Å². The van der Waals surface area contributed by atoms with E-state index in [9.17, 15) is 14.0 Å². The highest BCUT2D eigenvalue weighted by Crippen LogP contribution is 2.34. The number of piperidine rings is 2. The van der Waals surface area contributed by atoms with E-state index in [0.29, 0.717) is 50.7 Å². The lowest BCUT2D eigenvalue weighted by Gasteiger charge is -2.39. The molecule has 3 saturated heterocycles. The van der Waals surface area contributed by atoms with Gasteiger partial charge in [0.1, 0.15) is 10.8 Å². The Hall–Kier alpha value is -2.59. The number of benzene rings is 1. The van der Waals surface area contributed by atoms with Crippen LogP contribution in [0.25, 0.3) is 0 Å². The lowest BCUT2D eigenvalue weighted by atomic mass is 9.82. The number of nitrogens with zero attached hydrogens (tertiary/aromatic N) is 3. The minimum absolute atomic E-state index is 0.0877. The monoisotopic (exact) mass is 675 g/mol. The average molecular weight is 676 g/mol. The highest BCUT2D eigenvalue weighted by atomic mass is 35.5. The third-order valence-electron chi connectivity index (χ3n) is 8.79. The molecule has 10 heteroatoms. The molecule has 47 heavy (non-hydrogen) atoms. The summed E-state index contributed by atoms with van der Waals surface area (Å²) in [7, 11) is 0. The summed E-state index contributed by atoms with van der Waals surface area (Å²) in [4.78, 5) is 28.6. The van der Waals surface area contributed by atoms with E-state index < -0.39 is 11.5 Å². The summed E-state index contributed by atoms with van der Waals surface area (Å²) < 4.78 is 20.5. The molecule has 0 radical (unpaired) electrons. The molecule has 0 spiro atoms. The van der Waals surface area contributed by atoms with Crippen LogP contribution in [-0.4, -0.2) is 66.4 Å². The third kappa shape index (κ3) is 12.4. The molecule has 2 N–H and O–H groups in total. The van der Waals surface area contributed by atoms with Gasteiger partial charge in [-0.3, -0.25) is 14.5 Å². The van der Waals surface area contributed by atoms with Crippen LogP contribution in [0.15, 0.2) is 48.4 Å². The number of carbonyl (C=O) groups is 1. The lowest BCUT2D eigenvalue weighted by molar-refractivity contribution is -0.132. The fourth-order valence-electron chi connectivity index (χ4n) is 5.99. The van der Waals surface area contributed by atoms with Crippen molar-refractivity contribution in [1.29, 1.82) is 0 Å². The van der Waals surface area contributed by atoms with Crippen molar-refractivity contribution in [3.63, 3.8) is 0 Å². The Morgan fingerprint density at radius 1 is 1.11 bits per heavy atom. The van der Waals surface area contributed by atoms with Gasteiger partial charge in [0.2, 0.25) is 0 Å². The quantitative estimate of drug-likeness (QED) is 0.291. The largest absolute Gasteiger partial charge is 0.382 e. The standard InChI is InChI=1S/C27H36ClFN4O3.C6H13N.C2H6.C2H4/c1-27(2,3)25(34)24(19-6-8-20(29)9-7-19)32-12-10-21(11-13-32)33-26(35)23(28)22(16-31-33)30-15-18-5-4-14-36-17-18;1-6-2-4-7-5-3-6;2*1-2/h6-9,16,18,21,24,30H,4-5,10-15,17H2,1-3H3;6-7H,2-5H2,1H3;1-2H3;1-2H2. The number of aromatic nitrogens is 2. The molecule has 3 fully saturated rings. The molecule has 3 aliphatic rings. The summed E-state index contributed by atoms with van der Waals surface area (Å²) in [5, 5.41) is 11.2. The predicted octanol–water partition coefficient (Wildman–Crippen LogP) is 7.70. The summed E-state index contributed by atoms with van der Waals surface area (Å²) in [5.74, 6) is 1.13. The van der Waals surface area contributed by atoms with Gasteiger partial charge in [-0.15, -0.1) is 13.2 Å². The van der Waals surface area contributed by atoms with Crippen molar-refractivity contribution in [2.75, 3.05) is 51.3 Å². The maximum absolute atomic E-state index is 13.5. The zero-order chi connectivity index (χ0) is 35.0. The Bertz CT molecular complexity index is 1250. The number of ether oxygens (including phenoxy) is 1. The zero-order valence-electron chi connectivity index (χ0n) is 29.6. The van der Waals surface area contributed by atoms with Crippen LogP contribution in [0.4, 0.5) is 10.1 Å². The van der Waals surface area contributed by atoms with Crippen LogP contribution in [0.5, 0.6) is 0 Å². The van der Waals surface area contributed by atoms with Crippen molar-refractivity contribution in [3.05, 3.63) is 70.4 Å². The zero-order valence-corrected chi connectivity index (χ0v) is 30.4. The van der Waals surface area contributed by atoms with Gasteiger partial charge in [-0.05, 0) is 81.1 Å². The molecule has 0 amide bonds. The highest BCUT2D eigenvalue weighted by Gasteiger charge is 2.37. The molecule has 2 unspecified atom stereocenters. The van der Waals surface area contributed by atoms with E-state index in [2.05, 4.69) is 40.7 Å². The Balaban J connectivity index is 0.000000602. The fourth-order valence-corrected chi connectivity index (χ4v) is 6.19. The molecule has 8 nitrogen and oxygen atoms in total. The van der Waals surface area contributed by atoms with Gasteiger partial charge in [0.25, 0.3) is 5.56 Å². The molecule has 0 bridgehead atoms. The Kier molecular flexibility index (Phi) is 17.9. The predicted molar refractivity (Wildman–Crippen MR) is 193 cm³/mol. The Morgan fingerprint density at radius 2 is 1.72 bits per heavy atom. The van der Waals surface area contributed by atoms with Crippen LogP contribution in [0.1, 0.15) is 97.7 Å². The van der Waals surface area contributed by atoms with Crippen LogP contribution in [0.3, 0.4) is 0 Å². The van der Waals surface area contributed by atoms with E-state index >= 15 is 0 Å². The van der Waals surface area contributed by atoms with E-state index in [-0.39, 0.29) is 28.2 Å². The first-order chi connectivity index (χ1) is 22.5. The first kappa shape index (κ1) is 40.6. The second-order valence-electron chi connectivity index (χ2n) is 13.4. The SMILES string of the molecule is C=C.CC.CC(C)(C)C(=O)C(c1ccc(F)cc1)N1CCC(n2ncc(NCC3CCCOC3)c(Cl)c2=O)CC1.CC1CCNCC1. The summed E-state index contributed by atoms with van der Waals surface area (Å²) in [6, 6.07) is 5.60. The molecular weight excluding hydrogens is 617 g/mol. The smallest absolute Gasteiger partial charge is 0.287 e. The Labute approximate surface area is 287 Å². The molecular formula is C37H59ClFN5O3. The number of halogens is 2.